The van der Waals surface area contributed by atoms with E-state index in [1.807, 2.05) is 13.8 Å². The van der Waals surface area contributed by atoms with E-state index in [1.54, 1.807) is 27.7 Å². The van der Waals surface area contributed by atoms with E-state index in [4.69, 9.17) is 0 Å². The van der Waals surface area contributed by atoms with Gasteiger partial charge in [-0.3, -0.25) is 0 Å². The van der Waals surface area contributed by atoms with Crippen molar-refractivity contribution in [1.82, 2.24) is 0 Å². The molecule has 0 heterocycles. The topological polar surface area (TPSA) is 0 Å². The molecule has 4 heteroatoms. The van der Waals surface area contributed by atoms with Crippen LogP contribution in [0.3, 0.4) is 0 Å². The fourth-order valence-electron chi connectivity index (χ4n) is 3.71. The molecule has 0 aromatic heterocycles. The third kappa shape index (κ3) is 4.95. The SMILES string of the molecule is CC(C)c1c(F)cc(C(C)CC[C@@H](C)c2cc(F)c(C(C)C)c(F)c2)cc1F. The monoisotopic (exact) mass is 394 g/mol. The van der Waals surface area contributed by atoms with Crippen LogP contribution in [0, 0.1) is 23.3 Å². The second-order valence-electron chi connectivity index (χ2n) is 8.49. The Labute approximate surface area is 166 Å². The summed E-state index contributed by atoms with van der Waals surface area (Å²) < 4.78 is 57.0. The van der Waals surface area contributed by atoms with Gasteiger partial charge in [-0.05, 0) is 71.9 Å². The van der Waals surface area contributed by atoms with Gasteiger partial charge in [0.25, 0.3) is 0 Å². The van der Waals surface area contributed by atoms with Crippen molar-refractivity contribution in [2.24, 2.45) is 0 Å². The average molecular weight is 394 g/mol. The van der Waals surface area contributed by atoms with Gasteiger partial charge in [-0.15, -0.1) is 0 Å². The highest BCUT2D eigenvalue weighted by atomic mass is 19.1. The molecule has 154 valence electrons. The predicted molar refractivity (Wildman–Crippen MR) is 107 cm³/mol. The van der Waals surface area contributed by atoms with Crippen LogP contribution >= 0.6 is 0 Å². The van der Waals surface area contributed by atoms with Crippen LogP contribution in [0.4, 0.5) is 17.6 Å². The fraction of sp³-hybridized carbons (Fsp3) is 0.500. The molecule has 0 aliphatic rings. The van der Waals surface area contributed by atoms with Gasteiger partial charge in [-0.25, -0.2) is 17.6 Å². The lowest BCUT2D eigenvalue weighted by molar-refractivity contribution is 0.518. The molecule has 1 unspecified atom stereocenters. The highest BCUT2D eigenvalue weighted by molar-refractivity contribution is 5.32. The summed E-state index contributed by atoms with van der Waals surface area (Å²) in [5, 5.41) is 0. The lowest BCUT2D eigenvalue weighted by Gasteiger charge is -2.19. The van der Waals surface area contributed by atoms with Crippen molar-refractivity contribution < 1.29 is 17.6 Å². The van der Waals surface area contributed by atoms with Gasteiger partial charge in [0.1, 0.15) is 23.3 Å². The van der Waals surface area contributed by atoms with Crippen LogP contribution in [0.15, 0.2) is 24.3 Å². The maximum Gasteiger partial charge on any atom is 0.129 e. The number of hydrogen-bond donors (Lipinski definition) is 0. The van der Waals surface area contributed by atoms with Crippen LogP contribution in [0.1, 0.15) is 100 Å². The van der Waals surface area contributed by atoms with E-state index in [-0.39, 0.29) is 34.8 Å². The summed E-state index contributed by atoms with van der Waals surface area (Å²) in [6.07, 6.45) is 1.33. The van der Waals surface area contributed by atoms with Crippen molar-refractivity contribution in [2.45, 2.75) is 78.1 Å². The van der Waals surface area contributed by atoms with E-state index in [0.29, 0.717) is 24.0 Å². The van der Waals surface area contributed by atoms with Crippen molar-refractivity contribution in [3.63, 3.8) is 0 Å². The van der Waals surface area contributed by atoms with Crippen molar-refractivity contribution >= 4 is 0 Å². The first-order valence-electron chi connectivity index (χ1n) is 10.0. The van der Waals surface area contributed by atoms with Crippen molar-refractivity contribution in [3.8, 4) is 0 Å². The zero-order valence-electron chi connectivity index (χ0n) is 17.5. The van der Waals surface area contributed by atoms with E-state index in [1.165, 1.54) is 24.3 Å². The van der Waals surface area contributed by atoms with Gasteiger partial charge in [-0.2, -0.15) is 0 Å². The molecule has 0 saturated heterocycles. The second kappa shape index (κ2) is 9.11. The van der Waals surface area contributed by atoms with E-state index in [9.17, 15) is 17.6 Å². The van der Waals surface area contributed by atoms with Gasteiger partial charge < -0.3 is 0 Å². The molecule has 0 fully saturated rings. The maximum absolute atomic E-state index is 14.3. The van der Waals surface area contributed by atoms with Crippen molar-refractivity contribution in [2.75, 3.05) is 0 Å². The lowest BCUT2D eigenvalue weighted by atomic mass is 9.87. The van der Waals surface area contributed by atoms with Gasteiger partial charge in [0.2, 0.25) is 0 Å². The molecule has 2 atom stereocenters. The van der Waals surface area contributed by atoms with E-state index < -0.39 is 23.3 Å². The molecule has 0 amide bonds. The fourth-order valence-corrected chi connectivity index (χ4v) is 3.71. The Morgan fingerprint density at radius 3 is 1.00 bits per heavy atom. The first-order chi connectivity index (χ1) is 13.0. The zero-order chi connectivity index (χ0) is 21.2. The average Bonchev–Trinajstić information content (AvgIpc) is 2.57. The molecule has 0 radical (unpaired) electrons. The molecule has 0 nitrogen and oxygen atoms in total. The minimum absolute atomic E-state index is 0.0581. The van der Waals surface area contributed by atoms with Gasteiger partial charge in [-0.1, -0.05) is 41.5 Å². The van der Waals surface area contributed by atoms with Crippen LogP contribution in [-0.4, -0.2) is 0 Å². The summed E-state index contributed by atoms with van der Waals surface area (Å²) in [7, 11) is 0. The molecular formula is C24H30F4. The standard InChI is InChI=1S/C24H30F4/c1-13(2)23-19(25)9-17(10-20(23)26)15(5)7-8-16(6)18-11-21(27)24(14(3)4)22(28)12-18/h9-16H,7-8H2,1-6H3/t15-,16?/m1/s1. The molecule has 0 bridgehead atoms. The molecule has 2 rings (SSSR count). The number of rotatable bonds is 7. The van der Waals surface area contributed by atoms with Gasteiger partial charge >= 0.3 is 0 Å². The highest BCUT2D eigenvalue weighted by Gasteiger charge is 2.20. The predicted octanol–water partition coefficient (Wildman–Crippen LogP) is 8.18. The Morgan fingerprint density at radius 2 is 0.786 bits per heavy atom. The first kappa shape index (κ1) is 22.4. The zero-order valence-corrected chi connectivity index (χ0v) is 17.5. The highest BCUT2D eigenvalue weighted by Crippen LogP contribution is 2.33. The van der Waals surface area contributed by atoms with Crippen LogP contribution < -0.4 is 0 Å². The Bertz CT molecular complexity index is 708. The molecule has 0 N–H and O–H groups in total. The minimum Gasteiger partial charge on any atom is -0.207 e. The number of hydrogen-bond acceptors (Lipinski definition) is 0. The van der Waals surface area contributed by atoms with Crippen LogP contribution in [0.5, 0.6) is 0 Å². The number of benzene rings is 2. The molecule has 0 saturated carbocycles. The van der Waals surface area contributed by atoms with E-state index in [2.05, 4.69) is 0 Å². The second-order valence-corrected chi connectivity index (χ2v) is 8.49. The molecule has 0 aliphatic heterocycles. The third-order valence-corrected chi connectivity index (χ3v) is 5.53. The maximum atomic E-state index is 14.3. The Morgan fingerprint density at radius 1 is 0.536 bits per heavy atom. The molecule has 2 aromatic carbocycles. The first-order valence-corrected chi connectivity index (χ1v) is 10.0. The summed E-state index contributed by atoms with van der Waals surface area (Å²) in [4.78, 5) is 0. The summed E-state index contributed by atoms with van der Waals surface area (Å²) >= 11 is 0. The lowest BCUT2D eigenvalue weighted by Crippen LogP contribution is -2.05. The Kier molecular flexibility index (Phi) is 7.30. The molecular weight excluding hydrogens is 364 g/mol. The quantitative estimate of drug-likeness (QED) is 0.415. The molecule has 0 aliphatic carbocycles. The molecule has 28 heavy (non-hydrogen) atoms. The van der Waals surface area contributed by atoms with Crippen molar-refractivity contribution in [3.05, 3.63) is 69.8 Å². The third-order valence-electron chi connectivity index (χ3n) is 5.53. The van der Waals surface area contributed by atoms with Crippen LogP contribution in [-0.2, 0) is 0 Å². The van der Waals surface area contributed by atoms with Crippen molar-refractivity contribution in [1.29, 1.82) is 0 Å². The van der Waals surface area contributed by atoms with Gasteiger partial charge in [0.05, 0.1) is 0 Å². The summed E-state index contributed by atoms with van der Waals surface area (Å²) in [5.41, 5.74) is 1.44. The van der Waals surface area contributed by atoms with Gasteiger partial charge in [0.15, 0.2) is 0 Å². The van der Waals surface area contributed by atoms with Crippen LogP contribution in [0.25, 0.3) is 0 Å². The summed E-state index contributed by atoms with van der Waals surface area (Å²) in [5.74, 6) is -2.62. The normalized spacial score (nSPS) is 14.0. The van der Waals surface area contributed by atoms with Gasteiger partial charge in [0, 0.05) is 11.1 Å². The van der Waals surface area contributed by atoms with E-state index in [0.717, 1.165) is 0 Å². The Hall–Kier alpha value is -1.84. The van der Waals surface area contributed by atoms with Crippen LogP contribution in [0.2, 0.25) is 0 Å². The summed E-state index contributed by atoms with van der Waals surface area (Å²) in [6.45, 7) is 10.9. The molecule has 0 spiro atoms. The number of halogens is 4. The molecule has 2 aromatic rings. The summed E-state index contributed by atoms with van der Waals surface area (Å²) in [6, 6.07) is 5.63. The van der Waals surface area contributed by atoms with E-state index >= 15 is 0 Å². The largest absolute Gasteiger partial charge is 0.207 e. The smallest absolute Gasteiger partial charge is 0.129 e. The Balaban J connectivity index is 2.12. The minimum atomic E-state index is -0.515.